The molecule has 4 N–H and O–H groups in total. The van der Waals surface area contributed by atoms with Crippen molar-refractivity contribution in [1.29, 1.82) is 0 Å². The predicted octanol–water partition coefficient (Wildman–Crippen LogP) is -0.157. The molecule has 0 aliphatic carbocycles. The maximum atomic E-state index is 12.5. The molecule has 0 saturated carbocycles. The second-order valence-electron chi connectivity index (χ2n) is 4.56. The monoisotopic (exact) mass is 293 g/mol. The number of rotatable bonds is 3. The molecule has 2 rings (SSSR count). The van der Waals surface area contributed by atoms with Crippen LogP contribution in [0.2, 0.25) is 0 Å². The zero-order valence-corrected chi connectivity index (χ0v) is 11.2. The van der Waals surface area contributed by atoms with Gasteiger partial charge in [-0.3, -0.25) is 25.5 Å². The van der Waals surface area contributed by atoms with Crippen LogP contribution >= 0.6 is 0 Å². The van der Waals surface area contributed by atoms with Crippen molar-refractivity contribution in [2.45, 2.75) is 6.42 Å². The lowest BCUT2D eigenvalue weighted by Crippen LogP contribution is -2.37. The van der Waals surface area contributed by atoms with Gasteiger partial charge in [-0.05, 0) is 12.5 Å². The molecule has 1 aromatic carbocycles. The summed E-state index contributed by atoms with van der Waals surface area (Å²) in [4.78, 5) is 35.6. The van der Waals surface area contributed by atoms with Crippen LogP contribution in [0.1, 0.15) is 16.8 Å². The summed E-state index contributed by atoms with van der Waals surface area (Å²) in [6.45, 7) is 0.815. The number of anilines is 1. The minimum absolute atomic E-state index is 0.0707. The van der Waals surface area contributed by atoms with Crippen LogP contribution in [0.3, 0.4) is 0 Å². The van der Waals surface area contributed by atoms with Crippen molar-refractivity contribution in [3.05, 3.63) is 33.9 Å². The minimum Gasteiger partial charge on any atom is -0.354 e. The molecule has 0 unspecified atom stereocenters. The molecule has 1 aliphatic rings. The first kappa shape index (κ1) is 14.7. The van der Waals surface area contributed by atoms with Crippen LogP contribution < -0.4 is 16.6 Å². The summed E-state index contributed by atoms with van der Waals surface area (Å²) < 4.78 is 0. The van der Waals surface area contributed by atoms with E-state index >= 15 is 0 Å². The third-order valence-electron chi connectivity index (χ3n) is 3.15. The number of benzene rings is 1. The van der Waals surface area contributed by atoms with Crippen molar-refractivity contribution >= 4 is 23.2 Å². The molecular formula is C12H15N5O4. The van der Waals surface area contributed by atoms with Gasteiger partial charge in [0.25, 0.3) is 11.6 Å². The van der Waals surface area contributed by atoms with Gasteiger partial charge in [0.1, 0.15) is 0 Å². The van der Waals surface area contributed by atoms with E-state index in [0.29, 0.717) is 19.5 Å². The Morgan fingerprint density at radius 2 is 2.24 bits per heavy atom. The van der Waals surface area contributed by atoms with Crippen LogP contribution in [0.25, 0.3) is 0 Å². The Morgan fingerprint density at radius 1 is 1.48 bits per heavy atom. The molecule has 0 atom stereocenters. The number of amides is 2. The third-order valence-corrected chi connectivity index (χ3v) is 3.15. The highest BCUT2D eigenvalue weighted by atomic mass is 16.6. The summed E-state index contributed by atoms with van der Waals surface area (Å²) in [6, 6.07) is 3.77. The normalized spacial score (nSPS) is 15.1. The molecule has 0 aromatic heterocycles. The van der Waals surface area contributed by atoms with Crippen LogP contribution in [-0.4, -0.2) is 41.3 Å². The Balaban J connectivity index is 2.34. The summed E-state index contributed by atoms with van der Waals surface area (Å²) in [5, 5.41) is 13.5. The fraction of sp³-hybridized carbons (Fsp3) is 0.333. The van der Waals surface area contributed by atoms with Gasteiger partial charge in [-0.15, -0.1) is 0 Å². The number of carbonyl (C=O) groups is 2. The lowest BCUT2D eigenvalue weighted by atomic mass is 10.1. The standard InChI is InChI=1S/C12H15N5O4/c13-15-10-3-2-8(17(20)21)6-9(10)12(19)16-5-1-4-14-11(18)7-16/h2-3,6,15H,1,4-5,7,13H2,(H,14,18). The first-order chi connectivity index (χ1) is 10.0. The van der Waals surface area contributed by atoms with Crippen LogP contribution in [0, 0.1) is 10.1 Å². The molecule has 112 valence electrons. The Morgan fingerprint density at radius 3 is 2.90 bits per heavy atom. The van der Waals surface area contributed by atoms with E-state index in [2.05, 4.69) is 10.7 Å². The van der Waals surface area contributed by atoms with Gasteiger partial charge in [0.2, 0.25) is 5.91 Å². The third kappa shape index (κ3) is 3.26. The number of nitrogens with zero attached hydrogens (tertiary/aromatic N) is 2. The number of carbonyl (C=O) groups excluding carboxylic acids is 2. The molecule has 2 amide bonds. The summed E-state index contributed by atoms with van der Waals surface area (Å²) in [5.74, 6) is 4.61. The van der Waals surface area contributed by atoms with E-state index in [9.17, 15) is 19.7 Å². The van der Waals surface area contributed by atoms with Gasteiger partial charge in [-0.25, -0.2) is 0 Å². The topological polar surface area (TPSA) is 131 Å². The van der Waals surface area contributed by atoms with Gasteiger partial charge >= 0.3 is 0 Å². The van der Waals surface area contributed by atoms with Gasteiger partial charge in [-0.2, -0.15) is 0 Å². The summed E-state index contributed by atoms with van der Waals surface area (Å²) >= 11 is 0. The van der Waals surface area contributed by atoms with Crippen molar-refractivity contribution < 1.29 is 14.5 Å². The predicted molar refractivity (Wildman–Crippen MR) is 74.4 cm³/mol. The first-order valence-corrected chi connectivity index (χ1v) is 6.34. The Hall–Kier alpha value is -2.68. The van der Waals surface area contributed by atoms with Crippen molar-refractivity contribution in [2.24, 2.45) is 5.84 Å². The fourth-order valence-corrected chi connectivity index (χ4v) is 2.10. The van der Waals surface area contributed by atoms with Crippen LogP contribution in [0.15, 0.2) is 18.2 Å². The highest BCUT2D eigenvalue weighted by molar-refractivity contribution is 6.01. The van der Waals surface area contributed by atoms with E-state index in [1.807, 2.05) is 0 Å². The molecule has 1 fully saturated rings. The van der Waals surface area contributed by atoms with Crippen molar-refractivity contribution in [3.8, 4) is 0 Å². The van der Waals surface area contributed by atoms with Gasteiger partial charge in [0, 0.05) is 25.2 Å². The van der Waals surface area contributed by atoms with E-state index in [1.54, 1.807) is 0 Å². The number of non-ortho nitro benzene ring substituents is 1. The molecule has 0 radical (unpaired) electrons. The van der Waals surface area contributed by atoms with Gasteiger partial charge in [0.05, 0.1) is 22.7 Å². The average molecular weight is 293 g/mol. The lowest BCUT2D eigenvalue weighted by Gasteiger charge is -2.20. The summed E-state index contributed by atoms with van der Waals surface area (Å²) in [7, 11) is 0. The van der Waals surface area contributed by atoms with E-state index in [-0.39, 0.29) is 29.4 Å². The van der Waals surface area contributed by atoms with Crippen LogP contribution in [-0.2, 0) is 4.79 Å². The highest BCUT2D eigenvalue weighted by Gasteiger charge is 2.24. The quantitative estimate of drug-likeness (QED) is 0.403. The Labute approximate surface area is 120 Å². The molecule has 9 nitrogen and oxygen atoms in total. The zero-order valence-electron chi connectivity index (χ0n) is 11.2. The van der Waals surface area contributed by atoms with E-state index in [4.69, 9.17) is 5.84 Å². The summed E-state index contributed by atoms with van der Waals surface area (Å²) in [5.41, 5.74) is 2.47. The minimum atomic E-state index is -0.591. The molecule has 0 spiro atoms. The van der Waals surface area contributed by atoms with Gasteiger partial charge < -0.3 is 15.6 Å². The van der Waals surface area contributed by atoms with E-state index in [0.717, 1.165) is 6.07 Å². The fourth-order valence-electron chi connectivity index (χ4n) is 2.10. The number of hydrogen-bond acceptors (Lipinski definition) is 6. The second-order valence-corrected chi connectivity index (χ2v) is 4.56. The maximum Gasteiger partial charge on any atom is 0.270 e. The van der Waals surface area contributed by atoms with Crippen molar-refractivity contribution in [2.75, 3.05) is 25.1 Å². The number of hydrogen-bond donors (Lipinski definition) is 3. The molecule has 0 bridgehead atoms. The molecule has 21 heavy (non-hydrogen) atoms. The van der Waals surface area contributed by atoms with Crippen LogP contribution in [0.5, 0.6) is 0 Å². The smallest absolute Gasteiger partial charge is 0.270 e. The van der Waals surface area contributed by atoms with E-state index < -0.39 is 10.8 Å². The van der Waals surface area contributed by atoms with Crippen molar-refractivity contribution in [1.82, 2.24) is 10.2 Å². The SMILES string of the molecule is NNc1ccc([N+](=O)[O-])cc1C(=O)N1CCCNC(=O)C1. The second kappa shape index (κ2) is 6.18. The highest BCUT2D eigenvalue weighted by Crippen LogP contribution is 2.23. The average Bonchev–Trinajstić information content (AvgIpc) is 2.70. The number of nitro groups is 1. The van der Waals surface area contributed by atoms with Gasteiger partial charge in [-0.1, -0.05) is 0 Å². The molecule has 1 aromatic rings. The number of nitrogen functional groups attached to an aromatic ring is 1. The molecular weight excluding hydrogens is 278 g/mol. The zero-order chi connectivity index (χ0) is 15.4. The number of nitro benzene ring substituents is 1. The number of nitrogens with two attached hydrogens (primary N) is 1. The summed E-state index contributed by atoms with van der Waals surface area (Å²) in [6.07, 6.45) is 0.623. The lowest BCUT2D eigenvalue weighted by molar-refractivity contribution is -0.384. The Bertz CT molecular complexity index is 589. The van der Waals surface area contributed by atoms with Gasteiger partial charge in [0.15, 0.2) is 0 Å². The largest absolute Gasteiger partial charge is 0.354 e. The van der Waals surface area contributed by atoms with Crippen molar-refractivity contribution in [3.63, 3.8) is 0 Å². The number of hydrazine groups is 1. The molecule has 1 saturated heterocycles. The van der Waals surface area contributed by atoms with E-state index in [1.165, 1.54) is 17.0 Å². The van der Waals surface area contributed by atoms with Crippen LogP contribution in [0.4, 0.5) is 11.4 Å². The first-order valence-electron chi connectivity index (χ1n) is 6.34. The molecule has 1 heterocycles. The molecule has 1 aliphatic heterocycles. The Kier molecular flexibility index (Phi) is 4.33. The maximum absolute atomic E-state index is 12.5. The number of nitrogens with one attached hydrogen (secondary N) is 2. The molecule has 9 heteroatoms.